The molecule has 0 atom stereocenters. The van der Waals surface area contributed by atoms with Crippen LogP contribution in [-0.4, -0.2) is 0 Å². The fraction of sp³-hybridized carbons (Fsp3) is 0.214. The lowest BCUT2D eigenvalue weighted by atomic mass is 9.76. The largest absolute Gasteiger partial charge is 0.195 e. The molecule has 1 aliphatic rings. The highest BCUT2D eigenvalue weighted by Crippen LogP contribution is 2.54. The molecule has 0 fully saturated rings. The van der Waals surface area contributed by atoms with Gasteiger partial charge in [-0.2, -0.15) is 4.39 Å². The summed E-state index contributed by atoms with van der Waals surface area (Å²) in [4.78, 5) is 0. The van der Waals surface area contributed by atoms with E-state index in [1.807, 2.05) is 6.07 Å². The molecule has 0 amide bonds. The summed E-state index contributed by atoms with van der Waals surface area (Å²) in [6.07, 6.45) is 5.55. The van der Waals surface area contributed by atoms with Crippen LogP contribution in [0.15, 0.2) is 60.2 Å². The molecule has 0 saturated heterocycles. The normalized spacial score (nSPS) is 12.6. The molecule has 1 heterocycles. The van der Waals surface area contributed by atoms with Crippen LogP contribution in [0.3, 0.4) is 0 Å². The third-order valence-electron chi connectivity index (χ3n) is 6.34. The maximum absolute atomic E-state index is 13.8. The fourth-order valence-corrected chi connectivity index (χ4v) is 5.49. The Morgan fingerprint density at radius 1 is 0.933 bits per heavy atom. The molecule has 150 valence electrons. The minimum absolute atomic E-state index is 0.108. The lowest BCUT2D eigenvalue weighted by molar-refractivity contribution is 0.658. The quantitative estimate of drug-likeness (QED) is 0.271. The third-order valence-corrected chi connectivity index (χ3v) is 7.30. The average Bonchev–Trinajstić information content (AvgIpc) is 3.10. The molecular formula is C28H25FS. The van der Waals surface area contributed by atoms with E-state index in [0.29, 0.717) is 0 Å². The van der Waals surface area contributed by atoms with Crippen LogP contribution in [0.1, 0.15) is 42.5 Å². The van der Waals surface area contributed by atoms with Gasteiger partial charge in [-0.15, -0.1) is 11.3 Å². The zero-order chi connectivity index (χ0) is 20.8. The van der Waals surface area contributed by atoms with Crippen LogP contribution in [0.25, 0.3) is 38.4 Å². The molecule has 5 rings (SSSR count). The van der Waals surface area contributed by atoms with Gasteiger partial charge in [0.25, 0.3) is 0 Å². The van der Waals surface area contributed by atoms with Crippen molar-refractivity contribution in [2.45, 2.75) is 40.0 Å². The highest BCUT2D eigenvalue weighted by atomic mass is 32.1. The molecule has 0 radical (unpaired) electrons. The first-order valence-corrected chi connectivity index (χ1v) is 11.5. The van der Waals surface area contributed by atoms with Gasteiger partial charge in [0.2, 0.25) is 0 Å². The van der Waals surface area contributed by atoms with Crippen LogP contribution in [-0.2, 0) is 12.8 Å². The number of rotatable bonds is 5. The SMILES string of the molecule is CCc1ccc(CC/C(C)=C/c2ccc3c(c2C)-c2ccc4cc(F)sc4c2-3)cc1. The van der Waals surface area contributed by atoms with E-state index in [9.17, 15) is 4.39 Å². The van der Waals surface area contributed by atoms with Gasteiger partial charge in [0.1, 0.15) is 0 Å². The minimum atomic E-state index is -0.108. The summed E-state index contributed by atoms with van der Waals surface area (Å²) in [5, 5.41) is 0.898. The Hall–Kier alpha value is -2.71. The van der Waals surface area contributed by atoms with E-state index in [1.54, 1.807) is 6.07 Å². The number of hydrogen-bond donors (Lipinski definition) is 0. The number of hydrogen-bond acceptors (Lipinski definition) is 1. The highest BCUT2D eigenvalue weighted by Gasteiger charge is 2.28. The van der Waals surface area contributed by atoms with Crippen LogP contribution in [0.5, 0.6) is 0 Å². The first-order chi connectivity index (χ1) is 14.5. The van der Waals surface area contributed by atoms with Crippen molar-refractivity contribution in [2.24, 2.45) is 0 Å². The number of benzene rings is 3. The van der Waals surface area contributed by atoms with Gasteiger partial charge in [0.15, 0.2) is 5.13 Å². The Bertz CT molecular complexity index is 1290. The van der Waals surface area contributed by atoms with Crippen molar-refractivity contribution in [1.29, 1.82) is 0 Å². The molecular weight excluding hydrogens is 387 g/mol. The van der Waals surface area contributed by atoms with E-state index in [0.717, 1.165) is 29.3 Å². The van der Waals surface area contributed by atoms with Gasteiger partial charge in [0, 0.05) is 10.3 Å². The first-order valence-electron chi connectivity index (χ1n) is 10.7. The molecule has 0 aliphatic heterocycles. The van der Waals surface area contributed by atoms with Gasteiger partial charge >= 0.3 is 0 Å². The van der Waals surface area contributed by atoms with Crippen molar-refractivity contribution in [3.05, 3.63) is 87.6 Å². The number of aryl methyl sites for hydroxylation is 2. The summed E-state index contributed by atoms with van der Waals surface area (Å²) in [5.74, 6) is 0. The van der Waals surface area contributed by atoms with Crippen LogP contribution in [0.2, 0.25) is 0 Å². The number of fused-ring (bicyclic) bond motifs is 6. The molecule has 0 nitrogen and oxygen atoms in total. The van der Waals surface area contributed by atoms with Crippen molar-refractivity contribution < 1.29 is 4.39 Å². The summed E-state index contributed by atoms with van der Waals surface area (Å²) < 4.78 is 14.8. The molecule has 0 unspecified atom stereocenters. The van der Waals surface area contributed by atoms with Crippen molar-refractivity contribution >= 4 is 27.5 Å². The molecule has 0 spiro atoms. The Morgan fingerprint density at radius 2 is 1.63 bits per heavy atom. The number of halogens is 1. The summed E-state index contributed by atoms with van der Waals surface area (Å²) in [6.45, 7) is 6.63. The zero-order valence-corrected chi connectivity index (χ0v) is 18.5. The van der Waals surface area contributed by atoms with Crippen molar-refractivity contribution in [3.8, 4) is 22.3 Å². The Balaban J connectivity index is 1.39. The first kappa shape index (κ1) is 19.3. The standard InChI is InChI=1S/C28H25FS/c1-4-19-7-9-20(10-8-19)6-5-17(2)15-21-11-13-23-26(18(21)3)24-14-12-22-16-25(29)30-28(22)27(23)24/h7-16H,4-6H2,1-3H3/b17-15+. The van der Waals surface area contributed by atoms with E-state index >= 15 is 0 Å². The highest BCUT2D eigenvalue weighted by molar-refractivity contribution is 7.18. The third kappa shape index (κ3) is 3.20. The predicted molar refractivity (Wildman–Crippen MR) is 129 cm³/mol. The number of allylic oxidation sites excluding steroid dienone is 1. The average molecular weight is 413 g/mol. The topological polar surface area (TPSA) is 0 Å². The monoisotopic (exact) mass is 412 g/mol. The fourth-order valence-electron chi connectivity index (χ4n) is 4.55. The summed E-state index contributed by atoms with van der Waals surface area (Å²) in [7, 11) is 0. The summed E-state index contributed by atoms with van der Waals surface area (Å²) in [5.41, 5.74) is 11.9. The van der Waals surface area contributed by atoms with Gasteiger partial charge in [0.05, 0.1) is 0 Å². The lowest BCUT2D eigenvalue weighted by Crippen LogP contribution is -2.02. The predicted octanol–water partition coefficient (Wildman–Crippen LogP) is 8.59. The maximum Gasteiger partial charge on any atom is 0.177 e. The molecule has 0 saturated carbocycles. The van der Waals surface area contributed by atoms with Crippen LogP contribution >= 0.6 is 11.3 Å². The van der Waals surface area contributed by atoms with E-state index in [1.165, 1.54) is 61.4 Å². The summed E-state index contributed by atoms with van der Waals surface area (Å²) >= 11 is 1.26. The van der Waals surface area contributed by atoms with Crippen LogP contribution < -0.4 is 0 Å². The van der Waals surface area contributed by atoms with Crippen LogP contribution in [0.4, 0.5) is 4.39 Å². The maximum atomic E-state index is 13.8. The van der Waals surface area contributed by atoms with Crippen LogP contribution in [0, 0.1) is 12.1 Å². The van der Waals surface area contributed by atoms with E-state index in [4.69, 9.17) is 0 Å². The molecule has 4 aromatic rings. The smallest absolute Gasteiger partial charge is 0.177 e. The Labute approximate surface area is 181 Å². The molecule has 1 aromatic heterocycles. The second kappa shape index (κ2) is 7.52. The van der Waals surface area contributed by atoms with E-state index in [2.05, 4.69) is 69.3 Å². The second-order valence-electron chi connectivity index (χ2n) is 8.32. The van der Waals surface area contributed by atoms with Gasteiger partial charge in [-0.25, -0.2) is 0 Å². The molecule has 0 N–H and O–H groups in total. The minimum Gasteiger partial charge on any atom is -0.195 e. The molecule has 2 heteroatoms. The van der Waals surface area contributed by atoms with E-state index < -0.39 is 0 Å². The number of thiophene rings is 1. The van der Waals surface area contributed by atoms with Crippen molar-refractivity contribution in [2.75, 3.05) is 0 Å². The molecule has 0 bridgehead atoms. The Kier molecular flexibility index (Phi) is 4.83. The molecule has 3 aromatic carbocycles. The summed E-state index contributed by atoms with van der Waals surface area (Å²) in [6, 6.07) is 19.3. The van der Waals surface area contributed by atoms with Crippen molar-refractivity contribution in [1.82, 2.24) is 0 Å². The van der Waals surface area contributed by atoms with Crippen molar-refractivity contribution in [3.63, 3.8) is 0 Å². The van der Waals surface area contributed by atoms with Gasteiger partial charge in [-0.05, 0) is 83.5 Å². The zero-order valence-electron chi connectivity index (χ0n) is 17.7. The van der Waals surface area contributed by atoms with E-state index in [-0.39, 0.29) is 5.13 Å². The van der Waals surface area contributed by atoms with Gasteiger partial charge < -0.3 is 0 Å². The molecule has 30 heavy (non-hydrogen) atoms. The Morgan fingerprint density at radius 3 is 2.40 bits per heavy atom. The lowest BCUT2D eigenvalue weighted by Gasteiger charge is -2.27. The van der Waals surface area contributed by atoms with Gasteiger partial charge in [-0.1, -0.05) is 67.1 Å². The molecule has 1 aliphatic carbocycles. The van der Waals surface area contributed by atoms with Gasteiger partial charge in [-0.3, -0.25) is 0 Å². The second-order valence-corrected chi connectivity index (χ2v) is 9.32.